The van der Waals surface area contributed by atoms with Gasteiger partial charge in [0, 0.05) is 13.2 Å². The summed E-state index contributed by atoms with van der Waals surface area (Å²) in [6, 6.07) is 16.8. The number of para-hydroxylation sites is 1. The van der Waals surface area contributed by atoms with E-state index in [1.54, 1.807) is 0 Å². The van der Waals surface area contributed by atoms with E-state index < -0.39 is 0 Å². The van der Waals surface area contributed by atoms with Crippen LogP contribution >= 0.6 is 0 Å². The SMILES string of the molecule is CCOCOc1ccccc1CCCCc1cccc(CN)c1. The summed E-state index contributed by atoms with van der Waals surface area (Å²) in [4.78, 5) is 0. The zero-order valence-corrected chi connectivity index (χ0v) is 14.0. The molecular weight excluding hydrogens is 286 g/mol. The second-order valence-electron chi connectivity index (χ2n) is 5.59. The van der Waals surface area contributed by atoms with E-state index in [9.17, 15) is 0 Å². The summed E-state index contributed by atoms with van der Waals surface area (Å²) in [5.41, 5.74) is 9.52. The molecule has 0 aliphatic rings. The fraction of sp³-hybridized carbons (Fsp3) is 0.400. The van der Waals surface area contributed by atoms with E-state index in [-0.39, 0.29) is 0 Å². The zero-order valence-electron chi connectivity index (χ0n) is 14.0. The molecule has 0 bridgehead atoms. The molecule has 0 amide bonds. The largest absolute Gasteiger partial charge is 0.467 e. The third-order valence-corrected chi connectivity index (χ3v) is 3.86. The van der Waals surface area contributed by atoms with Crippen molar-refractivity contribution < 1.29 is 9.47 Å². The summed E-state index contributed by atoms with van der Waals surface area (Å²) in [5.74, 6) is 0.936. The van der Waals surface area contributed by atoms with E-state index in [1.165, 1.54) is 16.7 Å². The molecule has 3 heteroatoms. The lowest BCUT2D eigenvalue weighted by Gasteiger charge is -2.11. The first-order valence-electron chi connectivity index (χ1n) is 8.39. The van der Waals surface area contributed by atoms with Gasteiger partial charge in [0.15, 0.2) is 6.79 Å². The number of benzene rings is 2. The Hall–Kier alpha value is -1.84. The molecule has 0 unspecified atom stereocenters. The fourth-order valence-corrected chi connectivity index (χ4v) is 2.60. The van der Waals surface area contributed by atoms with E-state index in [2.05, 4.69) is 36.4 Å². The quantitative estimate of drug-likeness (QED) is 0.531. The summed E-state index contributed by atoms with van der Waals surface area (Å²) in [5, 5.41) is 0. The Labute approximate surface area is 139 Å². The number of hydrogen-bond donors (Lipinski definition) is 1. The molecule has 2 rings (SSSR count). The standard InChI is InChI=1S/C20H27NO2/c1-2-22-16-23-20-13-6-5-12-19(20)11-4-3-8-17-9-7-10-18(14-17)15-21/h5-7,9-10,12-14H,2-4,8,11,15-16,21H2,1H3. The van der Waals surface area contributed by atoms with Crippen LogP contribution in [0.5, 0.6) is 5.75 Å². The molecule has 0 fully saturated rings. The van der Waals surface area contributed by atoms with Gasteiger partial charge in [0.1, 0.15) is 5.75 Å². The molecule has 2 N–H and O–H groups in total. The second kappa shape index (κ2) is 10.0. The Morgan fingerprint density at radius 2 is 1.70 bits per heavy atom. The van der Waals surface area contributed by atoms with E-state index >= 15 is 0 Å². The Balaban J connectivity index is 1.79. The second-order valence-corrected chi connectivity index (χ2v) is 5.59. The molecule has 0 aliphatic carbocycles. The van der Waals surface area contributed by atoms with Crippen molar-refractivity contribution in [2.45, 2.75) is 39.2 Å². The van der Waals surface area contributed by atoms with Gasteiger partial charge in [-0.05, 0) is 55.4 Å². The fourth-order valence-electron chi connectivity index (χ4n) is 2.60. The molecule has 0 radical (unpaired) electrons. The van der Waals surface area contributed by atoms with Gasteiger partial charge in [-0.15, -0.1) is 0 Å². The van der Waals surface area contributed by atoms with Gasteiger partial charge in [-0.25, -0.2) is 0 Å². The van der Waals surface area contributed by atoms with Crippen LogP contribution in [0, 0.1) is 0 Å². The van der Waals surface area contributed by atoms with E-state index in [4.69, 9.17) is 15.2 Å². The Morgan fingerprint density at radius 3 is 2.52 bits per heavy atom. The van der Waals surface area contributed by atoms with Gasteiger partial charge in [0.25, 0.3) is 0 Å². The van der Waals surface area contributed by atoms with Crippen molar-refractivity contribution in [2.75, 3.05) is 13.4 Å². The van der Waals surface area contributed by atoms with Crippen LogP contribution in [0.15, 0.2) is 48.5 Å². The maximum absolute atomic E-state index is 5.69. The van der Waals surface area contributed by atoms with Gasteiger partial charge in [-0.3, -0.25) is 0 Å². The maximum Gasteiger partial charge on any atom is 0.189 e. The van der Waals surface area contributed by atoms with Gasteiger partial charge >= 0.3 is 0 Å². The first-order chi connectivity index (χ1) is 11.3. The van der Waals surface area contributed by atoms with Crippen LogP contribution in [0.25, 0.3) is 0 Å². The van der Waals surface area contributed by atoms with Crippen molar-refractivity contribution in [1.82, 2.24) is 0 Å². The van der Waals surface area contributed by atoms with Crippen molar-refractivity contribution in [3.63, 3.8) is 0 Å². The van der Waals surface area contributed by atoms with Crippen LogP contribution in [-0.2, 0) is 24.1 Å². The van der Waals surface area contributed by atoms with E-state index in [1.807, 2.05) is 19.1 Å². The van der Waals surface area contributed by atoms with Gasteiger partial charge in [0.2, 0.25) is 0 Å². The number of aryl methyl sites for hydroxylation is 2. The van der Waals surface area contributed by atoms with Crippen LogP contribution in [0.2, 0.25) is 0 Å². The normalized spacial score (nSPS) is 10.7. The molecule has 0 atom stereocenters. The number of unbranched alkanes of at least 4 members (excludes halogenated alkanes) is 1. The first-order valence-corrected chi connectivity index (χ1v) is 8.39. The Bertz CT molecular complexity index is 583. The topological polar surface area (TPSA) is 44.5 Å². The molecule has 0 saturated carbocycles. The van der Waals surface area contributed by atoms with Gasteiger partial charge < -0.3 is 15.2 Å². The predicted molar refractivity (Wildman–Crippen MR) is 94.5 cm³/mol. The lowest BCUT2D eigenvalue weighted by Crippen LogP contribution is -2.04. The molecule has 2 aromatic rings. The number of rotatable bonds is 10. The average molecular weight is 313 g/mol. The lowest BCUT2D eigenvalue weighted by molar-refractivity contribution is 0.0218. The third-order valence-electron chi connectivity index (χ3n) is 3.86. The minimum Gasteiger partial charge on any atom is -0.467 e. The molecule has 0 aromatic heterocycles. The molecule has 0 spiro atoms. The van der Waals surface area contributed by atoms with Crippen molar-refractivity contribution in [3.05, 3.63) is 65.2 Å². The molecule has 3 nitrogen and oxygen atoms in total. The number of nitrogens with two attached hydrogens (primary N) is 1. The van der Waals surface area contributed by atoms with Crippen molar-refractivity contribution in [3.8, 4) is 5.75 Å². The predicted octanol–water partition coefficient (Wildman–Crippen LogP) is 4.08. The van der Waals surface area contributed by atoms with Gasteiger partial charge in [-0.2, -0.15) is 0 Å². The highest BCUT2D eigenvalue weighted by Crippen LogP contribution is 2.20. The summed E-state index contributed by atoms with van der Waals surface area (Å²) < 4.78 is 11.0. The van der Waals surface area contributed by atoms with E-state index in [0.29, 0.717) is 19.9 Å². The Kier molecular flexibility index (Phi) is 7.64. The summed E-state index contributed by atoms with van der Waals surface area (Å²) in [6.45, 7) is 3.57. The summed E-state index contributed by atoms with van der Waals surface area (Å²) >= 11 is 0. The van der Waals surface area contributed by atoms with Gasteiger partial charge in [-0.1, -0.05) is 42.5 Å². The van der Waals surface area contributed by atoms with Crippen LogP contribution < -0.4 is 10.5 Å². The Morgan fingerprint density at radius 1 is 0.913 bits per heavy atom. The minimum absolute atomic E-state index is 0.319. The lowest BCUT2D eigenvalue weighted by atomic mass is 10.0. The smallest absolute Gasteiger partial charge is 0.189 e. The van der Waals surface area contributed by atoms with E-state index in [0.717, 1.165) is 31.4 Å². The zero-order chi connectivity index (χ0) is 16.3. The third kappa shape index (κ3) is 6.05. The van der Waals surface area contributed by atoms with Crippen molar-refractivity contribution in [2.24, 2.45) is 5.73 Å². The molecular formula is C20H27NO2. The average Bonchev–Trinajstić information content (AvgIpc) is 2.60. The summed E-state index contributed by atoms with van der Waals surface area (Å²) in [7, 11) is 0. The molecule has 0 saturated heterocycles. The highest BCUT2D eigenvalue weighted by atomic mass is 16.7. The van der Waals surface area contributed by atoms with Crippen LogP contribution in [-0.4, -0.2) is 13.4 Å². The van der Waals surface area contributed by atoms with Crippen molar-refractivity contribution in [1.29, 1.82) is 0 Å². The van der Waals surface area contributed by atoms with Crippen LogP contribution in [0.3, 0.4) is 0 Å². The highest BCUT2D eigenvalue weighted by Gasteiger charge is 2.03. The monoisotopic (exact) mass is 313 g/mol. The number of ether oxygens (including phenoxy) is 2. The molecule has 0 heterocycles. The molecule has 2 aromatic carbocycles. The first kappa shape index (κ1) is 17.5. The molecule has 23 heavy (non-hydrogen) atoms. The van der Waals surface area contributed by atoms with Crippen LogP contribution in [0.4, 0.5) is 0 Å². The maximum atomic E-state index is 5.69. The minimum atomic E-state index is 0.319. The van der Waals surface area contributed by atoms with Crippen LogP contribution in [0.1, 0.15) is 36.5 Å². The summed E-state index contributed by atoms with van der Waals surface area (Å²) in [6.07, 6.45) is 4.42. The number of hydrogen-bond acceptors (Lipinski definition) is 3. The molecule has 124 valence electrons. The van der Waals surface area contributed by atoms with Gasteiger partial charge in [0.05, 0.1) is 0 Å². The molecule has 0 aliphatic heterocycles. The highest BCUT2D eigenvalue weighted by molar-refractivity contribution is 5.33. The van der Waals surface area contributed by atoms with Crippen molar-refractivity contribution >= 4 is 0 Å².